The fourth-order valence-corrected chi connectivity index (χ4v) is 1.81. The van der Waals surface area contributed by atoms with Gasteiger partial charge in [0.15, 0.2) is 0 Å². The molecule has 2 N–H and O–H groups in total. The van der Waals surface area contributed by atoms with Crippen LogP contribution in [0.25, 0.3) is 0 Å². The van der Waals surface area contributed by atoms with E-state index in [1.165, 1.54) is 0 Å². The van der Waals surface area contributed by atoms with Gasteiger partial charge in [-0.25, -0.2) is 4.98 Å². The first kappa shape index (κ1) is 12.6. The average Bonchev–Trinajstić information content (AvgIpc) is 2.34. The van der Waals surface area contributed by atoms with Crippen molar-refractivity contribution in [3.63, 3.8) is 0 Å². The summed E-state index contributed by atoms with van der Waals surface area (Å²) in [4.78, 5) is 8.44. The molecule has 0 fully saturated rings. The van der Waals surface area contributed by atoms with Gasteiger partial charge in [-0.15, -0.1) is 0 Å². The van der Waals surface area contributed by atoms with Crippen LogP contribution >= 0.6 is 11.6 Å². The predicted octanol–water partition coefficient (Wildman–Crippen LogP) is 3.61. The van der Waals surface area contributed by atoms with Gasteiger partial charge in [0.1, 0.15) is 5.82 Å². The number of halogens is 1. The third-order valence-corrected chi connectivity index (χ3v) is 2.69. The molecule has 0 atom stereocenters. The summed E-state index contributed by atoms with van der Waals surface area (Å²) in [6, 6.07) is 7.65. The fraction of sp³-hybridized carbons (Fsp3) is 0.231. The third kappa shape index (κ3) is 3.11. The minimum Gasteiger partial charge on any atom is -0.354 e. The number of rotatable bonds is 4. The van der Waals surface area contributed by atoms with Gasteiger partial charge in [-0.2, -0.15) is 4.98 Å². The Kier molecular flexibility index (Phi) is 3.99. The van der Waals surface area contributed by atoms with Crippen LogP contribution in [0.5, 0.6) is 0 Å². The van der Waals surface area contributed by atoms with E-state index in [4.69, 9.17) is 11.6 Å². The first-order valence-corrected chi connectivity index (χ1v) is 6.17. The lowest BCUT2D eigenvalue weighted by atomic mass is 10.2. The topological polar surface area (TPSA) is 49.8 Å². The number of nitrogens with zero attached hydrogens (tertiary/aromatic N) is 2. The Morgan fingerprint density at radius 3 is 2.83 bits per heavy atom. The average molecular weight is 263 g/mol. The van der Waals surface area contributed by atoms with Gasteiger partial charge in [0.25, 0.3) is 0 Å². The smallest absolute Gasteiger partial charge is 0.224 e. The second kappa shape index (κ2) is 5.69. The van der Waals surface area contributed by atoms with E-state index >= 15 is 0 Å². The maximum Gasteiger partial charge on any atom is 0.224 e. The molecule has 1 aromatic carbocycles. The van der Waals surface area contributed by atoms with Crippen LogP contribution in [0.3, 0.4) is 0 Å². The number of hydrogen-bond donors (Lipinski definition) is 2. The van der Waals surface area contributed by atoms with Gasteiger partial charge in [-0.05, 0) is 37.6 Å². The van der Waals surface area contributed by atoms with Crippen LogP contribution in [0, 0.1) is 6.92 Å². The van der Waals surface area contributed by atoms with E-state index in [9.17, 15) is 0 Å². The van der Waals surface area contributed by atoms with Gasteiger partial charge in [-0.3, -0.25) is 0 Å². The Morgan fingerprint density at radius 1 is 1.28 bits per heavy atom. The van der Waals surface area contributed by atoms with Crippen LogP contribution in [0.2, 0.25) is 5.02 Å². The molecule has 1 heterocycles. The van der Waals surface area contributed by atoms with Crippen molar-refractivity contribution >= 4 is 29.1 Å². The second-order valence-electron chi connectivity index (χ2n) is 3.90. The molecule has 0 amide bonds. The van der Waals surface area contributed by atoms with Crippen molar-refractivity contribution < 1.29 is 0 Å². The zero-order valence-corrected chi connectivity index (χ0v) is 11.1. The SMILES string of the molecule is CCNc1nccc(Nc2ccc(C)cc2Cl)n1. The summed E-state index contributed by atoms with van der Waals surface area (Å²) in [7, 11) is 0. The van der Waals surface area contributed by atoms with Crippen molar-refractivity contribution in [3.8, 4) is 0 Å². The molecule has 2 rings (SSSR count). The van der Waals surface area contributed by atoms with Crippen molar-refractivity contribution in [2.75, 3.05) is 17.2 Å². The highest BCUT2D eigenvalue weighted by atomic mass is 35.5. The molecule has 5 heteroatoms. The molecule has 0 spiro atoms. The highest BCUT2D eigenvalue weighted by Crippen LogP contribution is 2.25. The van der Waals surface area contributed by atoms with Gasteiger partial charge < -0.3 is 10.6 Å². The molecule has 0 bridgehead atoms. The molecule has 0 aliphatic heterocycles. The number of aryl methyl sites for hydroxylation is 1. The summed E-state index contributed by atoms with van der Waals surface area (Å²) in [5.41, 5.74) is 1.96. The fourth-order valence-electron chi connectivity index (χ4n) is 1.53. The molecule has 0 unspecified atom stereocenters. The summed E-state index contributed by atoms with van der Waals surface area (Å²) >= 11 is 6.16. The predicted molar refractivity (Wildman–Crippen MR) is 75.7 cm³/mol. The van der Waals surface area contributed by atoms with E-state index < -0.39 is 0 Å². The Bertz CT molecular complexity index is 542. The molecule has 1 aromatic heterocycles. The molecule has 0 aliphatic carbocycles. The van der Waals surface area contributed by atoms with Crippen molar-refractivity contribution in [1.29, 1.82) is 0 Å². The summed E-state index contributed by atoms with van der Waals surface area (Å²) in [5, 5.41) is 6.92. The Labute approximate surface area is 111 Å². The molecular formula is C13H15ClN4. The molecule has 94 valence electrons. The lowest BCUT2D eigenvalue weighted by molar-refractivity contribution is 1.09. The van der Waals surface area contributed by atoms with E-state index in [1.807, 2.05) is 32.0 Å². The van der Waals surface area contributed by atoms with Gasteiger partial charge >= 0.3 is 0 Å². The van der Waals surface area contributed by atoms with Crippen molar-refractivity contribution in [2.24, 2.45) is 0 Å². The van der Waals surface area contributed by atoms with Gasteiger partial charge in [0, 0.05) is 12.7 Å². The number of benzene rings is 1. The first-order valence-electron chi connectivity index (χ1n) is 5.79. The summed E-state index contributed by atoms with van der Waals surface area (Å²) < 4.78 is 0. The largest absolute Gasteiger partial charge is 0.354 e. The Balaban J connectivity index is 2.20. The maximum absolute atomic E-state index is 6.16. The van der Waals surface area contributed by atoms with Gasteiger partial charge in [0.05, 0.1) is 10.7 Å². The number of hydrogen-bond acceptors (Lipinski definition) is 4. The monoisotopic (exact) mass is 262 g/mol. The third-order valence-electron chi connectivity index (χ3n) is 2.38. The van der Waals surface area contributed by atoms with E-state index in [2.05, 4.69) is 20.6 Å². The van der Waals surface area contributed by atoms with Crippen molar-refractivity contribution in [2.45, 2.75) is 13.8 Å². The molecule has 0 radical (unpaired) electrons. The normalized spacial score (nSPS) is 10.2. The number of aromatic nitrogens is 2. The Morgan fingerprint density at radius 2 is 2.11 bits per heavy atom. The lowest BCUT2D eigenvalue weighted by Crippen LogP contribution is -2.03. The molecule has 0 saturated heterocycles. The summed E-state index contributed by atoms with van der Waals surface area (Å²) in [6.45, 7) is 4.79. The highest BCUT2D eigenvalue weighted by molar-refractivity contribution is 6.33. The second-order valence-corrected chi connectivity index (χ2v) is 4.31. The summed E-state index contributed by atoms with van der Waals surface area (Å²) in [5.74, 6) is 1.32. The lowest BCUT2D eigenvalue weighted by Gasteiger charge is -2.09. The van der Waals surface area contributed by atoms with Crippen LogP contribution in [0.15, 0.2) is 30.5 Å². The minimum atomic E-state index is 0.603. The quantitative estimate of drug-likeness (QED) is 0.884. The van der Waals surface area contributed by atoms with E-state index in [0.717, 1.165) is 17.8 Å². The van der Waals surface area contributed by atoms with Gasteiger partial charge in [-0.1, -0.05) is 17.7 Å². The minimum absolute atomic E-state index is 0.603. The van der Waals surface area contributed by atoms with Crippen molar-refractivity contribution in [1.82, 2.24) is 9.97 Å². The van der Waals surface area contributed by atoms with Crippen LogP contribution in [-0.4, -0.2) is 16.5 Å². The van der Waals surface area contributed by atoms with Crippen molar-refractivity contribution in [3.05, 3.63) is 41.0 Å². The highest BCUT2D eigenvalue weighted by Gasteiger charge is 2.03. The molecule has 4 nitrogen and oxygen atoms in total. The van der Waals surface area contributed by atoms with Gasteiger partial charge in [0.2, 0.25) is 5.95 Å². The van der Waals surface area contributed by atoms with E-state index in [1.54, 1.807) is 12.3 Å². The van der Waals surface area contributed by atoms with E-state index in [-0.39, 0.29) is 0 Å². The standard InChI is InChI=1S/C13H15ClN4/c1-3-15-13-16-7-6-12(18-13)17-11-5-4-9(2)8-10(11)14/h4-8H,3H2,1-2H3,(H2,15,16,17,18). The van der Waals surface area contributed by atoms with Crippen LogP contribution < -0.4 is 10.6 Å². The zero-order valence-electron chi connectivity index (χ0n) is 10.4. The molecule has 0 saturated carbocycles. The first-order chi connectivity index (χ1) is 8.69. The maximum atomic E-state index is 6.16. The molecule has 2 aromatic rings. The van der Waals surface area contributed by atoms with Crippen LogP contribution in [0.4, 0.5) is 17.5 Å². The Hall–Kier alpha value is -1.81. The molecule has 18 heavy (non-hydrogen) atoms. The molecular weight excluding hydrogens is 248 g/mol. The number of nitrogens with one attached hydrogen (secondary N) is 2. The number of anilines is 3. The van der Waals surface area contributed by atoms with E-state index in [0.29, 0.717) is 16.8 Å². The molecule has 0 aliphatic rings. The van der Waals surface area contributed by atoms with Crippen LogP contribution in [0.1, 0.15) is 12.5 Å². The summed E-state index contributed by atoms with van der Waals surface area (Å²) in [6.07, 6.45) is 1.70. The van der Waals surface area contributed by atoms with Crippen LogP contribution in [-0.2, 0) is 0 Å². The zero-order chi connectivity index (χ0) is 13.0.